The van der Waals surface area contributed by atoms with Crippen molar-refractivity contribution in [1.82, 2.24) is 5.32 Å². The summed E-state index contributed by atoms with van der Waals surface area (Å²) in [5.74, 6) is 0. The fraction of sp³-hybridized carbons (Fsp3) is 0.429. The number of aliphatic hydroxyl groups is 1. The van der Waals surface area contributed by atoms with Gasteiger partial charge in [-0.25, -0.2) is 4.39 Å². The zero-order chi connectivity index (χ0) is 13.2. The molecule has 2 atom stereocenters. The molecule has 18 heavy (non-hydrogen) atoms. The number of rotatable bonds is 5. The van der Waals surface area contributed by atoms with Crippen molar-refractivity contribution in [2.75, 3.05) is 13.2 Å². The van der Waals surface area contributed by atoms with E-state index in [1.165, 1.54) is 0 Å². The second kappa shape index (κ2) is 5.08. The Labute approximate surface area is 106 Å². The highest BCUT2D eigenvalue weighted by Crippen LogP contribution is 2.32. The monoisotopic (exact) mass is 251 g/mol. The standard InChI is InChI=1S/C14H18FNO2/c1-3-16-10(2)14(15,9-17)12-4-5-13-11(8-12)6-7-18-13/h4-8,10,16-17H,3,9H2,1-2H3. The largest absolute Gasteiger partial charge is 0.464 e. The smallest absolute Gasteiger partial charge is 0.173 e. The van der Waals surface area contributed by atoms with E-state index in [9.17, 15) is 9.50 Å². The number of alkyl halides is 1. The summed E-state index contributed by atoms with van der Waals surface area (Å²) in [6, 6.07) is 6.44. The van der Waals surface area contributed by atoms with E-state index in [1.807, 2.05) is 6.92 Å². The van der Waals surface area contributed by atoms with E-state index < -0.39 is 18.3 Å². The maximum absolute atomic E-state index is 14.9. The van der Waals surface area contributed by atoms with Gasteiger partial charge < -0.3 is 14.8 Å². The number of aliphatic hydroxyl groups excluding tert-OH is 1. The van der Waals surface area contributed by atoms with E-state index in [4.69, 9.17) is 4.42 Å². The number of benzene rings is 1. The highest BCUT2D eigenvalue weighted by Gasteiger charge is 2.37. The molecule has 1 heterocycles. The third-order valence-corrected chi connectivity index (χ3v) is 3.36. The number of furan rings is 1. The molecule has 0 radical (unpaired) electrons. The van der Waals surface area contributed by atoms with Gasteiger partial charge in [0.1, 0.15) is 5.58 Å². The van der Waals surface area contributed by atoms with Crippen molar-refractivity contribution in [2.24, 2.45) is 0 Å². The van der Waals surface area contributed by atoms with E-state index in [1.54, 1.807) is 37.5 Å². The molecule has 0 aliphatic carbocycles. The molecule has 0 saturated carbocycles. The van der Waals surface area contributed by atoms with E-state index >= 15 is 0 Å². The van der Waals surface area contributed by atoms with E-state index in [0.717, 1.165) is 11.0 Å². The predicted octanol–water partition coefficient (Wildman–Crippen LogP) is 2.59. The quantitative estimate of drug-likeness (QED) is 0.858. The molecule has 0 bridgehead atoms. The summed E-state index contributed by atoms with van der Waals surface area (Å²) in [5, 5.41) is 13.3. The van der Waals surface area contributed by atoms with Crippen LogP contribution >= 0.6 is 0 Å². The van der Waals surface area contributed by atoms with Crippen LogP contribution in [-0.2, 0) is 5.67 Å². The minimum absolute atomic E-state index is 0.461. The first-order valence-electron chi connectivity index (χ1n) is 6.12. The minimum atomic E-state index is -1.79. The SMILES string of the molecule is CCNC(C)C(F)(CO)c1ccc2occc2c1. The van der Waals surface area contributed by atoms with Gasteiger partial charge in [0.25, 0.3) is 0 Å². The van der Waals surface area contributed by atoms with Gasteiger partial charge in [0, 0.05) is 11.4 Å². The summed E-state index contributed by atoms with van der Waals surface area (Å²) in [7, 11) is 0. The molecule has 4 heteroatoms. The van der Waals surface area contributed by atoms with Gasteiger partial charge >= 0.3 is 0 Å². The zero-order valence-electron chi connectivity index (χ0n) is 10.6. The van der Waals surface area contributed by atoms with Gasteiger partial charge in [-0.2, -0.15) is 0 Å². The topological polar surface area (TPSA) is 45.4 Å². The Balaban J connectivity index is 2.41. The zero-order valence-corrected chi connectivity index (χ0v) is 10.6. The number of hydrogen-bond acceptors (Lipinski definition) is 3. The molecule has 2 N–H and O–H groups in total. The highest BCUT2D eigenvalue weighted by atomic mass is 19.1. The molecule has 2 unspecified atom stereocenters. The van der Waals surface area contributed by atoms with Gasteiger partial charge in [-0.3, -0.25) is 0 Å². The van der Waals surface area contributed by atoms with E-state index in [-0.39, 0.29) is 0 Å². The van der Waals surface area contributed by atoms with Gasteiger partial charge in [0.2, 0.25) is 0 Å². The fourth-order valence-corrected chi connectivity index (χ4v) is 2.17. The molecule has 1 aromatic heterocycles. The maximum atomic E-state index is 14.9. The second-order valence-electron chi connectivity index (χ2n) is 4.47. The molecule has 98 valence electrons. The molecule has 2 aromatic rings. The van der Waals surface area contributed by atoms with Crippen LogP contribution in [0, 0.1) is 0 Å². The van der Waals surface area contributed by atoms with Crippen LogP contribution in [0.15, 0.2) is 34.9 Å². The van der Waals surface area contributed by atoms with Gasteiger partial charge in [-0.1, -0.05) is 13.0 Å². The van der Waals surface area contributed by atoms with Crippen LogP contribution in [0.3, 0.4) is 0 Å². The number of hydrogen-bond donors (Lipinski definition) is 2. The number of likely N-dealkylation sites (N-methyl/N-ethyl adjacent to an activating group) is 1. The van der Waals surface area contributed by atoms with Gasteiger partial charge in [0.05, 0.1) is 12.9 Å². The molecule has 0 spiro atoms. The number of nitrogens with one attached hydrogen (secondary N) is 1. The Morgan fingerprint density at radius 3 is 2.89 bits per heavy atom. The van der Waals surface area contributed by atoms with Crippen molar-refractivity contribution >= 4 is 11.0 Å². The number of halogens is 1. The second-order valence-corrected chi connectivity index (χ2v) is 4.47. The lowest BCUT2D eigenvalue weighted by molar-refractivity contribution is 0.0371. The van der Waals surface area contributed by atoms with Crippen LogP contribution in [0.4, 0.5) is 4.39 Å². The van der Waals surface area contributed by atoms with Crippen LogP contribution in [0.25, 0.3) is 11.0 Å². The summed E-state index contributed by atoms with van der Waals surface area (Å²) in [5.41, 5.74) is -0.607. The average molecular weight is 251 g/mol. The van der Waals surface area contributed by atoms with Crippen molar-refractivity contribution in [3.63, 3.8) is 0 Å². The molecule has 0 fully saturated rings. The van der Waals surface area contributed by atoms with Crippen LogP contribution in [0.2, 0.25) is 0 Å². The Morgan fingerprint density at radius 2 is 2.22 bits per heavy atom. The lowest BCUT2D eigenvalue weighted by atomic mass is 9.89. The molecule has 0 aliphatic rings. The molecule has 2 rings (SSSR count). The van der Waals surface area contributed by atoms with Crippen molar-refractivity contribution in [2.45, 2.75) is 25.6 Å². The van der Waals surface area contributed by atoms with Gasteiger partial charge in [-0.05, 0) is 37.2 Å². The Morgan fingerprint density at radius 1 is 1.44 bits per heavy atom. The van der Waals surface area contributed by atoms with Crippen LogP contribution in [0.5, 0.6) is 0 Å². The van der Waals surface area contributed by atoms with Gasteiger partial charge in [0.15, 0.2) is 5.67 Å². The lowest BCUT2D eigenvalue weighted by Crippen LogP contribution is -2.46. The average Bonchev–Trinajstić information content (AvgIpc) is 2.85. The van der Waals surface area contributed by atoms with Crippen LogP contribution in [-0.4, -0.2) is 24.3 Å². The van der Waals surface area contributed by atoms with Crippen LogP contribution in [0.1, 0.15) is 19.4 Å². The van der Waals surface area contributed by atoms with Crippen LogP contribution < -0.4 is 5.32 Å². The summed E-state index contributed by atoms with van der Waals surface area (Å²) in [6.07, 6.45) is 1.57. The van der Waals surface area contributed by atoms with Crippen molar-refractivity contribution in [3.05, 3.63) is 36.1 Å². The van der Waals surface area contributed by atoms with Crippen molar-refractivity contribution < 1.29 is 13.9 Å². The minimum Gasteiger partial charge on any atom is -0.464 e. The van der Waals surface area contributed by atoms with Crippen molar-refractivity contribution in [1.29, 1.82) is 0 Å². The molecule has 1 aromatic carbocycles. The molecular formula is C14H18FNO2. The van der Waals surface area contributed by atoms with E-state index in [0.29, 0.717) is 12.1 Å². The molecule has 0 aliphatic heterocycles. The Kier molecular flexibility index (Phi) is 3.68. The first-order chi connectivity index (χ1) is 8.61. The summed E-state index contributed by atoms with van der Waals surface area (Å²) in [4.78, 5) is 0. The van der Waals surface area contributed by atoms with Crippen molar-refractivity contribution in [3.8, 4) is 0 Å². The molecular weight excluding hydrogens is 233 g/mol. The number of fused-ring (bicyclic) bond motifs is 1. The predicted molar refractivity (Wildman–Crippen MR) is 69.2 cm³/mol. The molecule has 0 saturated heterocycles. The third kappa shape index (κ3) is 2.13. The van der Waals surface area contributed by atoms with Gasteiger partial charge in [-0.15, -0.1) is 0 Å². The first kappa shape index (κ1) is 13.1. The summed E-state index contributed by atoms with van der Waals surface area (Å²) >= 11 is 0. The normalized spacial score (nSPS) is 16.7. The maximum Gasteiger partial charge on any atom is 0.173 e. The summed E-state index contributed by atoms with van der Waals surface area (Å²) in [6.45, 7) is 3.75. The Hall–Kier alpha value is -1.39. The van der Waals surface area contributed by atoms with E-state index in [2.05, 4.69) is 5.32 Å². The summed E-state index contributed by atoms with van der Waals surface area (Å²) < 4.78 is 20.2. The first-order valence-corrected chi connectivity index (χ1v) is 6.12. The third-order valence-electron chi connectivity index (χ3n) is 3.36. The molecule has 0 amide bonds. The lowest BCUT2D eigenvalue weighted by Gasteiger charge is -2.30. The highest BCUT2D eigenvalue weighted by molar-refractivity contribution is 5.78. The molecule has 3 nitrogen and oxygen atoms in total. The fourth-order valence-electron chi connectivity index (χ4n) is 2.17. The Bertz CT molecular complexity index is 525.